The zero-order valence-corrected chi connectivity index (χ0v) is 24.2. The molecule has 2 aromatic heterocycles. The summed E-state index contributed by atoms with van der Waals surface area (Å²) in [6.45, 7) is 6.59. The van der Waals surface area contributed by atoms with Crippen LogP contribution >= 0.6 is 7.75 Å². The molecule has 1 saturated heterocycles. The van der Waals surface area contributed by atoms with Gasteiger partial charge in [-0.05, 0) is 19.1 Å². The van der Waals surface area contributed by atoms with E-state index in [1.54, 1.807) is 39.8 Å². The van der Waals surface area contributed by atoms with Crippen LogP contribution in [0.4, 0.5) is 5.82 Å². The summed E-state index contributed by atoms with van der Waals surface area (Å²) in [5.74, 6) is -3.46. The van der Waals surface area contributed by atoms with Crippen LogP contribution in [-0.4, -0.2) is 75.0 Å². The molecule has 1 aliphatic rings. The Kier molecular flexibility index (Phi) is 9.73. The first-order chi connectivity index (χ1) is 19.2. The largest absolute Gasteiger partial charge is 0.468 e. The maximum absolute atomic E-state index is 12.8. The molecule has 4 N–H and O–H groups in total. The van der Waals surface area contributed by atoms with Crippen LogP contribution in [0.1, 0.15) is 46.4 Å². The van der Waals surface area contributed by atoms with Crippen molar-refractivity contribution in [2.75, 3.05) is 19.5 Å². The first-order valence-electron chi connectivity index (χ1n) is 12.6. The van der Waals surface area contributed by atoms with Crippen molar-refractivity contribution < 1.29 is 47.3 Å². The summed E-state index contributed by atoms with van der Waals surface area (Å²) >= 11 is 0. The zero-order valence-electron chi connectivity index (χ0n) is 23.3. The van der Waals surface area contributed by atoms with Gasteiger partial charge in [0.25, 0.3) is 0 Å². The lowest BCUT2D eigenvalue weighted by molar-refractivity contribution is -0.173. The van der Waals surface area contributed by atoms with E-state index in [0.717, 1.165) is 7.11 Å². The Hall–Kier alpha value is -3.61. The van der Waals surface area contributed by atoms with Crippen molar-refractivity contribution in [1.82, 2.24) is 19.7 Å². The number of fused-ring (bicyclic) bond motifs is 1. The van der Waals surface area contributed by atoms with Gasteiger partial charge in [-0.3, -0.25) is 18.9 Å². The van der Waals surface area contributed by atoms with E-state index in [0.29, 0.717) is 5.52 Å². The lowest BCUT2D eigenvalue weighted by atomic mass is 9.95. The number of hydrogen-bond acceptors (Lipinski definition) is 13. The van der Waals surface area contributed by atoms with Gasteiger partial charge in [-0.15, -0.1) is 0 Å². The summed E-state index contributed by atoms with van der Waals surface area (Å²) in [5.41, 5.74) is 4.32. The van der Waals surface area contributed by atoms with Gasteiger partial charge in [0.2, 0.25) is 5.60 Å². The number of nitrogens with two attached hydrogens (primary N) is 1. The smallest absolute Gasteiger partial charge is 0.403 e. The van der Waals surface area contributed by atoms with Gasteiger partial charge in [-0.25, -0.2) is 19.2 Å². The Balaban J connectivity index is 2.10. The molecule has 6 atom stereocenters. The van der Waals surface area contributed by atoms with Gasteiger partial charge in [0.15, 0.2) is 18.0 Å². The van der Waals surface area contributed by atoms with E-state index in [9.17, 15) is 29.1 Å². The molecule has 3 heterocycles. The number of anilines is 1. The maximum Gasteiger partial charge on any atom is 0.403 e. The summed E-state index contributed by atoms with van der Waals surface area (Å²) in [7, 11) is -3.67. The lowest BCUT2D eigenvalue weighted by Crippen LogP contribution is -2.50. The lowest BCUT2D eigenvalue weighted by Gasteiger charge is -2.30. The minimum Gasteiger partial charge on any atom is -0.468 e. The van der Waals surface area contributed by atoms with Crippen molar-refractivity contribution in [2.45, 2.75) is 64.6 Å². The Morgan fingerprint density at radius 1 is 1.20 bits per heavy atom. The van der Waals surface area contributed by atoms with Crippen LogP contribution in [-0.2, 0) is 42.4 Å². The topological polar surface area (TPSA) is 227 Å². The van der Waals surface area contributed by atoms with Crippen LogP contribution in [0, 0.1) is 23.2 Å². The number of aromatic nitrogens is 3. The first-order valence-corrected chi connectivity index (χ1v) is 14.1. The second kappa shape index (κ2) is 12.5. The molecular weight excluding hydrogens is 563 g/mol. The third kappa shape index (κ3) is 6.83. The highest BCUT2D eigenvalue weighted by Crippen LogP contribution is 2.47. The number of nitrogen functional groups attached to an aromatic ring is 1. The van der Waals surface area contributed by atoms with E-state index < -0.39 is 74.1 Å². The molecule has 16 nitrogen and oxygen atoms in total. The highest BCUT2D eigenvalue weighted by atomic mass is 31.2. The van der Waals surface area contributed by atoms with Crippen LogP contribution in [0.5, 0.6) is 0 Å². The fourth-order valence-electron chi connectivity index (χ4n) is 3.95. The predicted molar refractivity (Wildman–Crippen MR) is 139 cm³/mol. The second-order valence-corrected chi connectivity index (χ2v) is 11.5. The van der Waals surface area contributed by atoms with Gasteiger partial charge in [0, 0.05) is 0 Å². The van der Waals surface area contributed by atoms with Crippen LogP contribution in [0.15, 0.2) is 18.5 Å². The van der Waals surface area contributed by atoms with Gasteiger partial charge in [-0.1, -0.05) is 27.7 Å². The molecule has 0 amide bonds. The van der Waals surface area contributed by atoms with Crippen molar-refractivity contribution in [3.05, 3.63) is 24.2 Å². The molecule has 224 valence electrons. The number of nitrogens with one attached hydrogen (secondary N) is 1. The van der Waals surface area contributed by atoms with E-state index in [4.69, 9.17) is 24.5 Å². The molecule has 0 bridgehead atoms. The molecule has 17 heteroatoms. The fourth-order valence-corrected chi connectivity index (χ4v) is 4.99. The average Bonchev–Trinajstić information content (AvgIpc) is 3.47. The molecule has 0 aromatic carbocycles. The third-order valence-electron chi connectivity index (χ3n) is 6.19. The van der Waals surface area contributed by atoms with E-state index in [2.05, 4.69) is 19.9 Å². The van der Waals surface area contributed by atoms with E-state index in [-0.39, 0.29) is 11.5 Å². The van der Waals surface area contributed by atoms with Crippen molar-refractivity contribution in [2.24, 2.45) is 11.8 Å². The van der Waals surface area contributed by atoms with Gasteiger partial charge in [-0.2, -0.15) is 10.4 Å². The van der Waals surface area contributed by atoms with Crippen LogP contribution in [0.2, 0.25) is 0 Å². The predicted octanol–water partition coefficient (Wildman–Crippen LogP) is 1.05. The third-order valence-corrected chi connectivity index (χ3v) is 7.38. The summed E-state index contributed by atoms with van der Waals surface area (Å²) in [5, 5.41) is 16.6. The van der Waals surface area contributed by atoms with Gasteiger partial charge >= 0.3 is 25.7 Å². The van der Waals surface area contributed by atoms with Crippen LogP contribution in [0.25, 0.3) is 5.52 Å². The molecule has 0 saturated carbocycles. The van der Waals surface area contributed by atoms with Crippen molar-refractivity contribution in [3.8, 4) is 6.07 Å². The second-order valence-electron chi connectivity index (χ2n) is 9.98. The highest BCUT2D eigenvalue weighted by molar-refractivity contribution is 7.50. The SMILES string of the molecule is COC(=O)[C@H](C)NP(=O)(O)OC[C@@]1(C#N)O[C@@H](c2ccc3c(N)ncnn23)[C@H](OC(=O)C(C)C)[C@@H]1OC(=O)C(C)C. The fraction of sp³-hybridized carbons (Fsp3) is 0.583. The van der Waals surface area contributed by atoms with Crippen LogP contribution < -0.4 is 10.8 Å². The number of carbonyl (C=O) groups excluding carboxylic acids is 3. The molecule has 1 unspecified atom stereocenters. The molecule has 0 spiro atoms. The van der Waals surface area contributed by atoms with Crippen LogP contribution in [0.3, 0.4) is 0 Å². The Labute approximate surface area is 235 Å². The van der Waals surface area contributed by atoms with Gasteiger partial charge < -0.3 is 29.6 Å². The number of ether oxygens (including phenoxy) is 4. The molecule has 41 heavy (non-hydrogen) atoms. The standard InChI is InChI=1S/C24H33N6O10P/c1-12(2)21(31)38-18-17(15-7-8-16-20(26)27-11-28-30(15)16)40-24(9-25,19(18)39-22(32)13(3)4)10-37-41(34,35)29-14(5)23(33)36-6/h7-8,11-14,17-19H,10H2,1-6H3,(H2,26,27,28)(H2,29,34,35)/t14-,17-,18-,19-,24+/m0/s1. The van der Waals surface area contributed by atoms with Crippen molar-refractivity contribution in [1.29, 1.82) is 5.26 Å². The summed E-state index contributed by atoms with van der Waals surface area (Å²) in [4.78, 5) is 51.7. The highest BCUT2D eigenvalue weighted by Gasteiger charge is 2.62. The quantitative estimate of drug-likeness (QED) is 0.187. The normalized spacial score (nSPS) is 24.5. The monoisotopic (exact) mass is 596 g/mol. The maximum atomic E-state index is 12.8. The number of carbonyl (C=O) groups is 3. The molecule has 0 aliphatic carbocycles. The molecule has 3 rings (SSSR count). The number of nitrogens with zero attached hydrogens (tertiary/aromatic N) is 4. The molecule has 0 radical (unpaired) electrons. The van der Waals surface area contributed by atoms with E-state index in [1.165, 1.54) is 17.8 Å². The van der Waals surface area contributed by atoms with E-state index >= 15 is 0 Å². The number of nitriles is 1. The summed E-state index contributed by atoms with van der Waals surface area (Å²) in [6.07, 6.45) is -3.16. The molecular formula is C24H33N6O10P. The molecule has 1 fully saturated rings. The summed E-state index contributed by atoms with van der Waals surface area (Å²) < 4.78 is 41.4. The van der Waals surface area contributed by atoms with Crippen molar-refractivity contribution >= 4 is 37.0 Å². The minimum atomic E-state index is -4.76. The Bertz CT molecular complexity index is 1390. The van der Waals surface area contributed by atoms with E-state index in [1.807, 2.05) is 6.07 Å². The first kappa shape index (κ1) is 31.9. The van der Waals surface area contributed by atoms with Gasteiger partial charge in [0.1, 0.15) is 36.7 Å². The number of rotatable bonds is 11. The minimum absolute atomic E-state index is 0.129. The van der Waals surface area contributed by atoms with Gasteiger partial charge in [0.05, 0.1) is 24.6 Å². The number of methoxy groups -OCH3 is 1. The summed E-state index contributed by atoms with van der Waals surface area (Å²) in [6, 6.07) is 3.76. The average molecular weight is 597 g/mol. The van der Waals surface area contributed by atoms with Crippen molar-refractivity contribution in [3.63, 3.8) is 0 Å². The Morgan fingerprint density at radius 3 is 2.41 bits per heavy atom. The number of hydrogen-bond donors (Lipinski definition) is 3. The Morgan fingerprint density at radius 2 is 1.83 bits per heavy atom. The number of esters is 3. The molecule has 2 aromatic rings. The molecule has 1 aliphatic heterocycles. The zero-order chi connectivity index (χ0) is 30.7.